The summed E-state index contributed by atoms with van der Waals surface area (Å²) in [4.78, 5) is 12.2. The minimum Gasteiger partial charge on any atom is -0.356 e. The zero-order valence-corrected chi connectivity index (χ0v) is 14.0. The van der Waals surface area contributed by atoms with Gasteiger partial charge in [-0.15, -0.1) is 12.4 Å². The second-order valence-corrected chi connectivity index (χ2v) is 7.75. The number of unbranched alkanes of at least 4 members (excludes halogenated alkanes) is 1. The first kappa shape index (κ1) is 17.8. The van der Waals surface area contributed by atoms with E-state index < -0.39 is 0 Å². The highest BCUT2D eigenvalue weighted by Gasteiger charge is 2.48. The van der Waals surface area contributed by atoms with Gasteiger partial charge in [-0.3, -0.25) is 4.79 Å². The van der Waals surface area contributed by atoms with Gasteiger partial charge in [0, 0.05) is 12.6 Å². The number of nitrogens with one attached hydrogen (secondary N) is 1. The van der Waals surface area contributed by atoms with Crippen molar-refractivity contribution in [1.82, 2.24) is 5.32 Å². The summed E-state index contributed by atoms with van der Waals surface area (Å²) in [5.41, 5.74) is 6.59. The van der Waals surface area contributed by atoms with Gasteiger partial charge < -0.3 is 11.1 Å². The number of amides is 1. The summed E-state index contributed by atoms with van der Waals surface area (Å²) in [6.45, 7) is 7.61. The van der Waals surface area contributed by atoms with Crippen LogP contribution in [0.25, 0.3) is 0 Å². The lowest BCUT2D eigenvalue weighted by molar-refractivity contribution is -0.127. The Balaban J connectivity index is 0.00000200. The van der Waals surface area contributed by atoms with E-state index in [1.165, 1.54) is 32.1 Å². The van der Waals surface area contributed by atoms with E-state index in [1.54, 1.807) is 0 Å². The first-order valence-electron chi connectivity index (χ1n) is 7.92. The molecular formula is C16H31ClN2O. The molecule has 0 radical (unpaired) electrons. The zero-order chi connectivity index (χ0) is 14.0. The van der Waals surface area contributed by atoms with Crippen molar-refractivity contribution in [2.24, 2.45) is 28.9 Å². The number of hydrogen-bond donors (Lipinski definition) is 2. The molecule has 1 amide bonds. The molecule has 0 heterocycles. The maximum absolute atomic E-state index is 12.2. The van der Waals surface area contributed by atoms with Crippen LogP contribution in [-0.2, 0) is 4.79 Å². The molecule has 3 N–H and O–H groups in total. The highest BCUT2D eigenvalue weighted by atomic mass is 35.5. The van der Waals surface area contributed by atoms with E-state index >= 15 is 0 Å². The van der Waals surface area contributed by atoms with Gasteiger partial charge in [0.2, 0.25) is 5.91 Å². The van der Waals surface area contributed by atoms with Crippen molar-refractivity contribution in [3.8, 4) is 0 Å². The van der Waals surface area contributed by atoms with Crippen molar-refractivity contribution in [2.75, 3.05) is 6.54 Å². The number of rotatable bonds is 5. The molecule has 4 atom stereocenters. The van der Waals surface area contributed by atoms with Crippen LogP contribution in [0.4, 0.5) is 0 Å². The van der Waals surface area contributed by atoms with Crippen LogP contribution in [0.3, 0.4) is 0 Å². The molecule has 20 heavy (non-hydrogen) atoms. The Bertz CT molecular complexity index is 325. The van der Waals surface area contributed by atoms with Gasteiger partial charge >= 0.3 is 0 Å². The number of fused-ring (bicyclic) bond motifs is 2. The molecule has 0 saturated heterocycles. The molecule has 2 saturated carbocycles. The molecule has 4 heteroatoms. The molecule has 0 aliphatic heterocycles. The molecule has 2 rings (SSSR count). The molecule has 0 aromatic carbocycles. The molecule has 2 bridgehead atoms. The maximum Gasteiger partial charge on any atom is 0.224 e. The first-order valence-corrected chi connectivity index (χ1v) is 7.92. The summed E-state index contributed by atoms with van der Waals surface area (Å²) in [6.07, 6.45) is 7.12. The van der Waals surface area contributed by atoms with Crippen molar-refractivity contribution in [3.05, 3.63) is 0 Å². The Morgan fingerprint density at radius 3 is 2.40 bits per heavy atom. The van der Waals surface area contributed by atoms with Crippen molar-refractivity contribution in [3.63, 3.8) is 0 Å². The molecule has 0 spiro atoms. The third kappa shape index (κ3) is 4.36. The van der Waals surface area contributed by atoms with Crippen LogP contribution < -0.4 is 11.1 Å². The lowest BCUT2D eigenvalue weighted by Gasteiger charge is -2.27. The predicted octanol–water partition coefficient (Wildman–Crippen LogP) is 3.11. The van der Waals surface area contributed by atoms with E-state index in [9.17, 15) is 4.79 Å². The second-order valence-electron chi connectivity index (χ2n) is 7.75. The normalized spacial score (nSPS) is 32.0. The van der Waals surface area contributed by atoms with Crippen LogP contribution in [0.1, 0.15) is 59.3 Å². The Kier molecular flexibility index (Phi) is 6.33. The molecule has 0 aromatic heterocycles. The van der Waals surface area contributed by atoms with E-state index in [0.29, 0.717) is 17.3 Å². The van der Waals surface area contributed by atoms with E-state index in [0.717, 1.165) is 13.0 Å². The van der Waals surface area contributed by atoms with Crippen LogP contribution in [0.5, 0.6) is 0 Å². The van der Waals surface area contributed by atoms with Crippen molar-refractivity contribution >= 4 is 18.3 Å². The van der Waals surface area contributed by atoms with Crippen LogP contribution in [0, 0.1) is 23.2 Å². The summed E-state index contributed by atoms with van der Waals surface area (Å²) in [5, 5.41) is 3.11. The molecular weight excluding hydrogens is 272 g/mol. The fraction of sp³-hybridized carbons (Fsp3) is 0.938. The van der Waals surface area contributed by atoms with Crippen LogP contribution in [0.15, 0.2) is 0 Å². The number of halogens is 1. The summed E-state index contributed by atoms with van der Waals surface area (Å²) in [6, 6.07) is 0.119. The fourth-order valence-corrected chi connectivity index (χ4v) is 3.83. The van der Waals surface area contributed by atoms with E-state index in [-0.39, 0.29) is 30.3 Å². The molecule has 0 aromatic rings. The lowest BCUT2D eigenvalue weighted by Crippen LogP contribution is -2.45. The Labute approximate surface area is 129 Å². The number of hydrogen-bond acceptors (Lipinski definition) is 2. The van der Waals surface area contributed by atoms with E-state index in [2.05, 4.69) is 26.1 Å². The Morgan fingerprint density at radius 2 is 1.85 bits per heavy atom. The third-order valence-electron chi connectivity index (χ3n) is 4.94. The smallest absolute Gasteiger partial charge is 0.224 e. The van der Waals surface area contributed by atoms with Gasteiger partial charge in [0.25, 0.3) is 0 Å². The van der Waals surface area contributed by atoms with Crippen LogP contribution >= 0.6 is 12.4 Å². The number of nitrogens with two attached hydrogens (primary N) is 1. The van der Waals surface area contributed by atoms with Gasteiger partial charge in [0.15, 0.2) is 0 Å². The lowest BCUT2D eigenvalue weighted by atomic mass is 9.84. The van der Waals surface area contributed by atoms with Gasteiger partial charge in [-0.2, -0.15) is 0 Å². The second kappa shape index (κ2) is 7.13. The van der Waals surface area contributed by atoms with Crippen LogP contribution in [-0.4, -0.2) is 18.5 Å². The van der Waals surface area contributed by atoms with Crippen LogP contribution in [0.2, 0.25) is 0 Å². The van der Waals surface area contributed by atoms with Gasteiger partial charge in [0.05, 0.1) is 5.92 Å². The SMILES string of the molecule is CC(C)(C)CCCCNC(=O)C1C2CCC(C2)C1N.Cl. The van der Waals surface area contributed by atoms with Crippen molar-refractivity contribution in [1.29, 1.82) is 0 Å². The molecule has 4 unspecified atom stereocenters. The minimum absolute atomic E-state index is 0. The summed E-state index contributed by atoms with van der Waals surface area (Å²) in [5.74, 6) is 1.49. The average Bonchev–Trinajstić information content (AvgIpc) is 2.87. The standard InChI is InChI=1S/C16H30N2O.ClH/c1-16(2,3)8-4-5-9-18-15(19)13-11-6-7-12(10-11)14(13)17;/h11-14H,4-10,17H2,1-3H3,(H,18,19);1H. The topological polar surface area (TPSA) is 55.1 Å². The van der Waals surface area contributed by atoms with E-state index in [1.807, 2.05) is 0 Å². The average molecular weight is 303 g/mol. The summed E-state index contributed by atoms with van der Waals surface area (Å²) in [7, 11) is 0. The molecule has 2 fully saturated rings. The Morgan fingerprint density at radius 1 is 1.20 bits per heavy atom. The van der Waals surface area contributed by atoms with E-state index in [4.69, 9.17) is 5.73 Å². The molecule has 2 aliphatic carbocycles. The third-order valence-corrected chi connectivity index (χ3v) is 4.94. The Hall–Kier alpha value is -0.280. The van der Waals surface area contributed by atoms with Crippen molar-refractivity contribution < 1.29 is 4.79 Å². The number of carbonyl (C=O) groups excluding carboxylic acids is 1. The van der Waals surface area contributed by atoms with Gasteiger partial charge in [-0.05, 0) is 49.4 Å². The molecule has 118 valence electrons. The minimum atomic E-state index is 0. The van der Waals surface area contributed by atoms with Gasteiger partial charge in [0.1, 0.15) is 0 Å². The molecule has 2 aliphatic rings. The monoisotopic (exact) mass is 302 g/mol. The highest BCUT2D eigenvalue weighted by molar-refractivity contribution is 5.85. The maximum atomic E-state index is 12.2. The largest absolute Gasteiger partial charge is 0.356 e. The van der Waals surface area contributed by atoms with Gasteiger partial charge in [-0.25, -0.2) is 0 Å². The van der Waals surface area contributed by atoms with Gasteiger partial charge in [-0.1, -0.05) is 27.2 Å². The quantitative estimate of drug-likeness (QED) is 0.767. The summed E-state index contributed by atoms with van der Waals surface area (Å²) >= 11 is 0. The molecule has 3 nitrogen and oxygen atoms in total. The van der Waals surface area contributed by atoms with Crippen molar-refractivity contribution in [2.45, 2.75) is 65.3 Å². The highest BCUT2D eigenvalue weighted by Crippen LogP contribution is 2.47. The first-order chi connectivity index (χ1) is 8.88. The predicted molar refractivity (Wildman–Crippen MR) is 85.9 cm³/mol. The number of carbonyl (C=O) groups is 1. The summed E-state index contributed by atoms with van der Waals surface area (Å²) < 4.78 is 0. The zero-order valence-electron chi connectivity index (χ0n) is 13.2. The fourth-order valence-electron chi connectivity index (χ4n) is 3.83.